The van der Waals surface area contributed by atoms with Gasteiger partial charge in [0.1, 0.15) is 11.6 Å². The summed E-state index contributed by atoms with van der Waals surface area (Å²) < 4.78 is 7.68. The van der Waals surface area contributed by atoms with Crippen LogP contribution in [0.5, 0.6) is 0 Å². The van der Waals surface area contributed by atoms with Crippen LogP contribution in [-0.2, 0) is 19.4 Å². The second-order valence-electron chi connectivity index (χ2n) is 7.01. The molecule has 0 spiro atoms. The Hall–Kier alpha value is -2.48. The van der Waals surface area contributed by atoms with Crippen LogP contribution in [0.1, 0.15) is 29.6 Å². The van der Waals surface area contributed by atoms with Crippen LogP contribution in [0.3, 0.4) is 0 Å². The van der Waals surface area contributed by atoms with Crippen LogP contribution in [0.25, 0.3) is 5.65 Å². The summed E-state index contributed by atoms with van der Waals surface area (Å²) in [5, 5.41) is 12.8. The summed E-state index contributed by atoms with van der Waals surface area (Å²) in [6, 6.07) is 4.47. The van der Waals surface area contributed by atoms with Crippen molar-refractivity contribution in [2.75, 3.05) is 25.0 Å². The number of likely N-dealkylation sites (N-methyl/N-ethyl adjacent to an activating group) is 1. The van der Waals surface area contributed by atoms with Gasteiger partial charge in [-0.2, -0.15) is 4.52 Å². The lowest BCUT2D eigenvalue weighted by Crippen LogP contribution is -2.58. The van der Waals surface area contributed by atoms with Crippen molar-refractivity contribution in [2.45, 2.75) is 38.8 Å². The molecule has 5 rings (SSSR count). The van der Waals surface area contributed by atoms with E-state index in [9.17, 15) is 0 Å². The van der Waals surface area contributed by atoms with Gasteiger partial charge in [0.05, 0.1) is 12.2 Å². The fourth-order valence-corrected chi connectivity index (χ4v) is 3.63. The second kappa shape index (κ2) is 5.52. The standard InChI is InChI=1S/C17H21N7O/c1-11-19-20-15-6-7-16(21-24(11)15)23-8-12(9-23)22(2)10-17-18-13-4-3-5-14(13)25-17/h6-7,12H,3-5,8-10H2,1-2H3. The summed E-state index contributed by atoms with van der Waals surface area (Å²) in [6.07, 6.45) is 3.29. The molecular formula is C17H21N7O. The number of hydrogen-bond acceptors (Lipinski definition) is 7. The molecule has 3 aromatic rings. The van der Waals surface area contributed by atoms with Gasteiger partial charge in [-0.05, 0) is 38.9 Å². The Bertz CT molecular complexity index is 903. The lowest BCUT2D eigenvalue weighted by atomic mass is 10.1. The maximum absolute atomic E-state index is 5.88. The zero-order chi connectivity index (χ0) is 17.0. The molecule has 0 unspecified atom stereocenters. The highest BCUT2D eigenvalue weighted by Crippen LogP contribution is 2.25. The summed E-state index contributed by atoms with van der Waals surface area (Å²) in [5.41, 5.74) is 1.95. The highest BCUT2D eigenvalue weighted by atomic mass is 16.4. The Labute approximate surface area is 145 Å². The number of aryl methyl sites for hydroxylation is 3. The number of aromatic nitrogens is 5. The Balaban J connectivity index is 1.23. The number of rotatable bonds is 4. The third kappa shape index (κ3) is 2.48. The van der Waals surface area contributed by atoms with Gasteiger partial charge in [-0.1, -0.05) is 0 Å². The van der Waals surface area contributed by atoms with Crippen LogP contribution < -0.4 is 4.90 Å². The molecule has 8 heteroatoms. The summed E-state index contributed by atoms with van der Waals surface area (Å²) in [7, 11) is 2.14. The number of oxazole rings is 1. The predicted molar refractivity (Wildman–Crippen MR) is 91.5 cm³/mol. The fourth-order valence-electron chi connectivity index (χ4n) is 3.63. The molecule has 0 amide bonds. The van der Waals surface area contributed by atoms with E-state index in [1.807, 2.05) is 19.1 Å². The van der Waals surface area contributed by atoms with E-state index in [0.717, 1.165) is 61.4 Å². The van der Waals surface area contributed by atoms with Gasteiger partial charge in [0, 0.05) is 25.6 Å². The molecule has 0 bridgehead atoms. The molecule has 4 heterocycles. The lowest BCUT2D eigenvalue weighted by molar-refractivity contribution is 0.179. The van der Waals surface area contributed by atoms with Crippen molar-refractivity contribution in [3.8, 4) is 0 Å². The molecule has 0 aromatic carbocycles. The average Bonchev–Trinajstić information content (AvgIpc) is 3.21. The van der Waals surface area contributed by atoms with E-state index in [1.165, 1.54) is 12.1 Å². The Morgan fingerprint density at radius 3 is 2.96 bits per heavy atom. The first-order valence-electron chi connectivity index (χ1n) is 8.79. The minimum absolute atomic E-state index is 0.487. The first-order chi connectivity index (χ1) is 12.2. The quantitative estimate of drug-likeness (QED) is 0.707. The number of nitrogens with zero attached hydrogens (tertiary/aromatic N) is 7. The first-order valence-corrected chi connectivity index (χ1v) is 8.79. The molecule has 25 heavy (non-hydrogen) atoms. The van der Waals surface area contributed by atoms with Gasteiger partial charge in [0.2, 0.25) is 5.89 Å². The Morgan fingerprint density at radius 1 is 1.24 bits per heavy atom. The smallest absolute Gasteiger partial charge is 0.208 e. The summed E-state index contributed by atoms with van der Waals surface area (Å²) >= 11 is 0. The van der Waals surface area contributed by atoms with Crippen molar-refractivity contribution >= 4 is 11.5 Å². The van der Waals surface area contributed by atoms with Gasteiger partial charge in [-0.15, -0.1) is 15.3 Å². The van der Waals surface area contributed by atoms with Crippen LogP contribution >= 0.6 is 0 Å². The Morgan fingerprint density at radius 2 is 2.12 bits per heavy atom. The van der Waals surface area contributed by atoms with Crippen LogP contribution in [0, 0.1) is 6.92 Å². The summed E-state index contributed by atoms with van der Waals surface area (Å²) in [4.78, 5) is 9.23. The van der Waals surface area contributed by atoms with Crippen molar-refractivity contribution in [3.05, 3.63) is 35.3 Å². The second-order valence-corrected chi connectivity index (χ2v) is 7.01. The van der Waals surface area contributed by atoms with Crippen molar-refractivity contribution < 1.29 is 4.42 Å². The van der Waals surface area contributed by atoms with E-state index in [4.69, 9.17) is 4.42 Å². The molecule has 1 aliphatic carbocycles. The maximum atomic E-state index is 5.88. The van der Waals surface area contributed by atoms with Crippen LogP contribution in [-0.4, -0.2) is 55.9 Å². The molecule has 0 N–H and O–H groups in total. The minimum atomic E-state index is 0.487. The topological polar surface area (TPSA) is 75.6 Å². The molecule has 0 radical (unpaired) electrons. The largest absolute Gasteiger partial charge is 0.444 e. The maximum Gasteiger partial charge on any atom is 0.208 e. The Kier molecular flexibility index (Phi) is 3.27. The molecule has 8 nitrogen and oxygen atoms in total. The third-order valence-electron chi connectivity index (χ3n) is 5.24. The first kappa shape index (κ1) is 14.8. The highest BCUT2D eigenvalue weighted by Gasteiger charge is 2.32. The number of fused-ring (bicyclic) bond motifs is 2. The van der Waals surface area contributed by atoms with Crippen molar-refractivity contribution in [1.29, 1.82) is 0 Å². The van der Waals surface area contributed by atoms with E-state index in [-0.39, 0.29) is 0 Å². The summed E-state index contributed by atoms with van der Waals surface area (Å²) in [5.74, 6) is 3.73. The molecular weight excluding hydrogens is 318 g/mol. The van der Waals surface area contributed by atoms with Gasteiger partial charge >= 0.3 is 0 Å². The van der Waals surface area contributed by atoms with Gasteiger partial charge in [-0.3, -0.25) is 4.90 Å². The van der Waals surface area contributed by atoms with E-state index < -0.39 is 0 Å². The zero-order valence-electron chi connectivity index (χ0n) is 14.5. The van der Waals surface area contributed by atoms with Crippen LogP contribution in [0.4, 0.5) is 5.82 Å². The highest BCUT2D eigenvalue weighted by molar-refractivity contribution is 5.47. The molecule has 130 valence electrons. The SMILES string of the molecule is Cc1nnc2ccc(N3CC(N(C)Cc4nc5c(o4)CCC5)C3)nn12. The van der Waals surface area contributed by atoms with Gasteiger partial charge < -0.3 is 9.32 Å². The monoisotopic (exact) mass is 339 g/mol. The van der Waals surface area contributed by atoms with Crippen molar-refractivity contribution in [1.82, 2.24) is 29.7 Å². The average molecular weight is 339 g/mol. The normalized spacial score (nSPS) is 17.5. The zero-order valence-corrected chi connectivity index (χ0v) is 14.5. The van der Waals surface area contributed by atoms with E-state index >= 15 is 0 Å². The van der Waals surface area contributed by atoms with Crippen molar-refractivity contribution in [2.24, 2.45) is 0 Å². The number of hydrogen-bond donors (Lipinski definition) is 0. The van der Waals surface area contributed by atoms with Gasteiger partial charge in [0.25, 0.3) is 0 Å². The molecule has 1 fully saturated rings. The van der Waals surface area contributed by atoms with E-state index in [1.54, 1.807) is 4.52 Å². The summed E-state index contributed by atoms with van der Waals surface area (Å²) in [6.45, 7) is 4.59. The molecule has 0 atom stereocenters. The predicted octanol–water partition coefficient (Wildman–Crippen LogP) is 1.23. The lowest BCUT2D eigenvalue weighted by Gasteiger charge is -2.44. The van der Waals surface area contributed by atoms with E-state index in [2.05, 4.69) is 37.1 Å². The van der Waals surface area contributed by atoms with E-state index in [0.29, 0.717) is 6.04 Å². The van der Waals surface area contributed by atoms with Crippen molar-refractivity contribution in [3.63, 3.8) is 0 Å². The van der Waals surface area contributed by atoms with Gasteiger partial charge in [0.15, 0.2) is 11.5 Å². The minimum Gasteiger partial charge on any atom is -0.444 e. The molecule has 0 saturated carbocycles. The fraction of sp³-hybridized carbons (Fsp3) is 0.529. The third-order valence-corrected chi connectivity index (χ3v) is 5.24. The van der Waals surface area contributed by atoms with Gasteiger partial charge in [-0.25, -0.2) is 4.98 Å². The number of anilines is 1. The molecule has 1 aliphatic heterocycles. The molecule has 1 saturated heterocycles. The van der Waals surface area contributed by atoms with Crippen LogP contribution in [0.2, 0.25) is 0 Å². The molecule has 3 aromatic heterocycles. The molecule has 2 aliphatic rings. The van der Waals surface area contributed by atoms with Crippen LogP contribution in [0.15, 0.2) is 16.5 Å².